The molecule has 1 unspecified atom stereocenters. The van der Waals surface area contributed by atoms with E-state index in [4.69, 9.17) is 0 Å². The molecule has 0 radical (unpaired) electrons. The zero-order chi connectivity index (χ0) is 22.6. The van der Waals surface area contributed by atoms with Gasteiger partial charge in [-0.25, -0.2) is 0 Å². The first-order valence-corrected chi connectivity index (χ1v) is 10.5. The van der Waals surface area contributed by atoms with Crippen molar-refractivity contribution in [3.05, 3.63) is 107 Å². The zero-order valence-corrected chi connectivity index (χ0v) is 18.0. The highest BCUT2D eigenvalue weighted by molar-refractivity contribution is 6.24. The molecule has 3 amide bonds. The monoisotopic (exact) mass is 422 g/mol. The van der Waals surface area contributed by atoms with Crippen molar-refractivity contribution in [1.29, 1.82) is 0 Å². The Morgan fingerprint density at radius 1 is 0.938 bits per heavy atom. The van der Waals surface area contributed by atoms with E-state index >= 15 is 0 Å². The van der Waals surface area contributed by atoms with Gasteiger partial charge in [0.2, 0.25) is 5.91 Å². The van der Waals surface area contributed by atoms with E-state index in [0.717, 1.165) is 16.7 Å². The molecule has 0 saturated heterocycles. The molecule has 5 nitrogen and oxygen atoms in total. The highest BCUT2D eigenvalue weighted by Crippen LogP contribution is 2.55. The van der Waals surface area contributed by atoms with E-state index in [2.05, 4.69) is 6.58 Å². The van der Waals surface area contributed by atoms with E-state index in [9.17, 15) is 14.4 Å². The van der Waals surface area contributed by atoms with Crippen molar-refractivity contribution in [2.75, 3.05) is 4.90 Å². The normalized spacial score (nSPS) is 19.4. The lowest BCUT2D eigenvalue weighted by Crippen LogP contribution is -2.61. The molecule has 32 heavy (non-hydrogen) atoms. The summed E-state index contributed by atoms with van der Waals surface area (Å²) in [6, 6.07) is 22.2. The van der Waals surface area contributed by atoms with Crippen LogP contribution in [0.5, 0.6) is 0 Å². The second-order valence-electron chi connectivity index (χ2n) is 8.29. The number of benzene rings is 3. The van der Waals surface area contributed by atoms with E-state index in [1.807, 2.05) is 73.7 Å². The molecule has 5 heteroatoms. The van der Waals surface area contributed by atoms with Crippen LogP contribution in [0.2, 0.25) is 0 Å². The molecular formula is C27H22N2O3. The zero-order valence-electron chi connectivity index (χ0n) is 18.0. The maximum absolute atomic E-state index is 14.3. The maximum Gasteiger partial charge on any atom is 0.265 e. The van der Waals surface area contributed by atoms with E-state index < -0.39 is 11.4 Å². The molecule has 0 aliphatic carbocycles. The third-order valence-electron chi connectivity index (χ3n) is 6.34. The molecular weight excluding hydrogens is 400 g/mol. The fourth-order valence-corrected chi connectivity index (χ4v) is 4.95. The average Bonchev–Trinajstić information content (AvgIpc) is 3.06. The minimum absolute atomic E-state index is 0.114. The lowest BCUT2D eigenvalue weighted by Gasteiger charge is -2.45. The van der Waals surface area contributed by atoms with Crippen molar-refractivity contribution in [3.63, 3.8) is 0 Å². The Labute approximate surface area is 186 Å². The van der Waals surface area contributed by atoms with Gasteiger partial charge in [-0.3, -0.25) is 24.2 Å². The molecule has 1 atom stereocenters. The van der Waals surface area contributed by atoms with Gasteiger partial charge in [-0.2, -0.15) is 0 Å². The van der Waals surface area contributed by atoms with E-state index in [1.54, 1.807) is 6.07 Å². The summed E-state index contributed by atoms with van der Waals surface area (Å²) in [6.07, 6.45) is 0. The summed E-state index contributed by atoms with van der Waals surface area (Å²) < 4.78 is 0. The van der Waals surface area contributed by atoms with Crippen molar-refractivity contribution in [1.82, 2.24) is 4.90 Å². The third kappa shape index (κ3) is 2.54. The summed E-state index contributed by atoms with van der Waals surface area (Å²) in [4.78, 5) is 43.6. The number of para-hydroxylation sites is 1. The predicted octanol–water partition coefficient (Wildman–Crippen LogP) is 4.45. The number of hydrogen-bond donors (Lipinski definition) is 0. The highest BCUT2D eigenvalue weighted by Gasteiger charge is 2.61. The van der Waals surface area contributed by atoms with Crippen LogP contribution < -0.4 is 4.90 Å². The molecule has 0 N–H and O–H groups in total. The standard InChI is InChI=1S/C27H22N2O3/c1-17-13-14-22-23(15-17)27(18(2)21-11-7-8-12-24(21)29(27)19(3)30)26(32)28(25(22)31)16-20-9-5-4-6-10-20/h4-15H,2,16H2,1,3H3. The number of amides is 3. The Morgan fingerprint density at radius 3 is 2.34 bits per heavy atom. The first-order chi connectivity index (χ1) is 15.4. The lowest BCUT2D eigenvalue weighted by molar-refractivity contribution is -0.135. The Kier molecular flexibility index (Phi) is 4.38. The summed E-state index contributed by atoms with van der Waals surface area (Å²) in [5.74, 6) is -1.11. The third-order valence-corrected chi connectivity index (χ3v) is 6.34. The van der Waals surface area contributed by atoms with Crippen LogP contribution in [0, 0.1) is 6.92 Å². The molecule has 2 heterocycles. The fraction of sp³-hybridized carbons (Fsp3) is 0.148. The van der Waals surface area contributed by atoms with Crippen molar-refractivity contribution < 1.29 is 14.4 Å². The number of anilines is 1. The highest BCUT2D eigenvalue weighted by atomic mass is 16.2. The van der Waals surface area contributed by atoms with E-state index in [1.165, 1.54) is 16.7 Å². The largest absolute Gasteiger partial charge is 0.288 e. The average molecular weight is 422 g/mol. The van der Waals surface area contributed by atoms with Gasteiger partial charge in [0.25, 0.3) is 11.8 Å². The molecule has 3 aromatic carbocycles. The number of aryl methyl sites for hydroxylation is 1. The maximum atomic E-state index is 14.3. The Balaban J connectivity index is 1.80. The number of carbonyl (C=O) groups is 3. The molecule has 158 valence electrons. The minimum Gasteiger partial charge on any atom is -0.288 e. The van der Waals surface area contributed by atoms with Crippen molar-refractivity contribution in [2.45, 2.75) is 25.9 Å². The molecule has 3 aromatic rings. The smallest absolute Gasteiger partial charge is 0.265 e. The van der Waals surface area contributed by atoms with Gasteiger partial charge in [-0.15, -0.1) is 0 Å². The molecule has 2 aliphatic heterocycles. The van der Waals surface area contributed by atoms with Gasteiger partial charge < -0.3 is 0 Å². The van der Waals surface area contributed by atoms with E-state index in [-0.39, 0.29) is 18.4 Å². The second-order valence-corrected chi connectivity index (χ2v) is 8.29. The Morgan fingerprint density at radius 2 is 1.62 bits per heavy atom. The van der Waals surface area contributed by atoms with Crippen LogP contribution >= 0.6 is 0 Å². The van der Waals surface area contributed by atoms with Gasteiger partial charge in [-0.1, -0.05) is 72.8 Å². The lowest BCUT2D eigenvalue weighted by atomic mass is 9.75. The van der Waals surface area contributed by atoms with Gasteiger partial charge in [0.1, 0.15) is 0 Å². The van der Waals surface area contributed by atoms with Gasteiger partial charge >= 0.3 is 0 Å². The Hall–Kier alpha value is -3.99. The minimum atomic E-state index is -1.50. The van der Waals surface area contributed by atoms with Gasteiger partial charge in [0.15, 0.2) is 5.54 Å². The number of imide groups is 1. The molecule has 1 spiro atoms. The predicted molar refractivity (Wildman–Crippen MR) is 123 cm³/mol. The summed E-state index contributed by atoms with van der Waals surface area (Å²) >= 11 is 0. The van der Waals surface area contributed by atoms with Crippen LogP contribution in [0.25, 0.3) is 5.57 Å². The SMILES string of the molecule is C=C1c2ccccc2N(C(C)=O)C12C(=O)N(Cc1ccccc1)C(=O)c1ccc(C)cc12. The van der Waals surface area contributed by atoms with Crippen molar-refractivity contribution >= 4 is 29.0 Å². The summed E-state index contributed by atoms with van der Waals surface area (Å²) in [6.45, 7) is 7.76. The summed E-state index contributed by atoms with van der Waals surface area (Å²) in [5.41, 5.74) is 3.00. The first-order valence-electron chi connectivity index (χ1n) is 10.5. The van der Waals surface area contributed by atoms with Crippen LogP contribution in [0.1, 0.15) is 39.5 Å². The number of carbonyl (C=O) groups excluding carboxylic acids is 3. The number of rotatable bonds is 2. The van der Waals surface area contributed by atoms with Crippen LogP contribution in [0.4, 0.5) is 5.69 Å². The molecule has 5 rings (SSSR count). The molecule has 0 aromatic heterocycles. The van der Waals surface area contributed by atoms with Crippen molar-refractivity contribution in [2.24, 2.45) is 0 Å². The van der Waals surface area contributed by atoms with Crippen LogP contribution in [0.15, 0.2) is 79.4 Å². The quantitative estimate of drug-likeness (QED) is 0.573. The second kappa shape index (κ2) is 7.02. The molecule has 0 bridgehead atoms. The van der Waals surface area contributed by atoms with E-state index in [0.29, 0.717) is 22.4 Å². The van der Waals surface area contributed by atoms with Crippen molar-refractivity contribution in [3.8, 4) is 0 Å². The fourth-order valence-electron chi connectivity index (χ4n) is 4.95. The van der Waals surface area contributed by atoms with Crippen LogP contribution in [0.3, 0.4) is 0 Å². The van der Waals surface area contributed by atoms with Crippen LogP contribution in [-0.4, -0.2) is 22.6 Å². The topological polar surface area (TPSA) is 57.7 Å². The van der Waals surface area contributed by atoms with Gasteiger partial charge in [0.05, 0.1) is 12.2 Å². The summed E-state index contributed by atoms with van der Waals surface area (Å²) in [7, 11) is 0. The summed E-state index contributed by atoms with van der Waals surface area (Å²) in [5, 5.41) is 0. The Bertz CT molecular complexity index is 1310. The first kappa shape index (κ1) is 19.9. The molecule has 0 fully saturated rings. The molecule has 2 aliphatic rings. The number of hydrogen-bond acceptors (Lipinski definition) is 3. The van der Waals surface area contributed by atoms with Gasteiger partial charge in [-0.05, 0) is 30.2 Å². The molecule has 0 saturated carbocycles. The number of nitrogens with zero attached hydrogens (tertiary/aromatic N) is 2. The van der Waals surface area contributed by atoms with Crippen LogP contribution in [-0.2, 0) is 21.7 Å². The van der Waals surface area contributed by atoms with Gasteiger partial charge in [0, 0.05) is 23.6 Å². The number of fused-ring (bicyclic) bond motifs is 3.